The molecule has 0 aromatic carbocycles. The predicted octanol–water partition coefficient (Wildman–Crippen LogP) is 3.45. The first-order chi connectivity index (χ1) is 13.3. The van der Waals surface area contributed by atoms with Crippen LogP contribution >= 0.6 is 7.82 Å². The number of hydrogen-bond acceptors (Lipinski definition) is 6. The number of unbranched alkanes of at least 4 members (excludes halogenated alkanes) is 12. The summed E-state index contributed by atoms with van der Waals surface area (Å²) in [4.78, 5) is 28.5. The summed E-state index contributed by atoms with van der Waals surface area (Å²) in [7, 11) is -4.62. The van der Waals surface area contributed by atoms with Crippen molar-refractivity contribution in [2.45, 2.75) is 96.0 Å². The molecule has 168 valence electrons. The quantitative estimate of drug-likeness (QED) is 0.132. The van der Waals surface area contributed by atoms with Gasteiger partial charge in [-0.1, -0.05) is 70.6 Å². The Morgan fingerprint density at radius 2 is 1.18 bits per heavy atom. The van der Waals surface area contributed by atoms with E-state index < -0.39 is 26.5 Å². The van der Waals surface area contributed by atoms with Gasteiger partial charge in [0.05, 0.1) is 6.61 Å². The SMILES string of the molecule is O=C(CCCCCCCCCCCCCCCO)OCC(O)COP(=O)(O)O. The molecule has 0 aromatic rings. The van der Waals surface area contributed by atoms with E-state index in [0.717, 1.165) is 32.1 Å². The van der Waals surface area contributed by atoms with E-state index in [1.165, 1.54) is 51.4 Å². The van der Waals surface area contributed by atoms with Gasteiger partial charge in [0.1, 0.15) is 12.7 Å². The number of aliphatic hydroxyl groups excluding tert-OH is 2. The van der Waals surface area contributed by atoms with Crippen molar-refractivity contribution in [1.82, 2.24) is 0 Å². The Morgan fingerprint density at radius 3 is 1.61 bits per heavy atom. The smallest absolute Gasteiger partial charge is 0.463 e. The van der Waals surface area contributed by atoms with Crippen molar-refractivity contribution in [1.29, 1.82) is 0 Å². The number of carbonyl (C=O) groups is 1. The maximum atomic E-state index is 11.5. The van der Waals surface area contributed by atoms with E-state index in [9.17, 15) is 14.5 Å². The molecule has 0 aliphatic heterocycles. The van der Waals surface area contributed by atoms with Crippen LogP contribution in [0.5, 0.6) is 0 Å². The van der Waals surface area contributed by atoms with Gasteiger partial charge in [0.25, 0.3) is 0 Å². The Morgan fingerprint density at radius 1 is 0.750 bits per heavy atom. The summed E-state index contributed by atoms with van der Waals surface area (Å²) < 4.78 is 19.5. The summed E-state index contributed by atoms with van der Waals surface area (Å²) >= 11 is 0. The maximum absolute atomic E-state index is 11.5. The molecule has 1 unspecified atom stereocenters. The first-order valence-electron chi connectivity index (χ1n) is 10.5. The summed E-state index contributed by atoms with van der Waals surface area (Å²) in [5.41, 5.74) is 0. The first-order valence-corrected chi connectivity index (χ1v) is 12.0. The number of phosphoric ester groups is 1. The number of ether oxygens (including phenoxy) is 1. The van der Waals surface area contributed by atoms with Crippen LogP contribution in [-0.4, -0.2) is 51.9 Å². The minimum absolute atomic E-state index is 0.280. The number of esters is 1. The highest BCUT2D eigenvalue weighted by Crippen LogP contribution is 2.35. The summed E-state index contributed by atoms with van der Waals surface area (Å²) in [5, 5.41) is 18.1. The fraction of sp³-hybridized carbons (Fsp3) is 0.947. The van der Waals surface area contributed by atoms with Crippen LogP contribution in [0.15, 0.2) is 0 Å². The van der Waals surface area contributed by atoms with Crippen LogP contribution in [0.25, 0.3) is 0 Å². The molecule has 0 bridgehead atoms. The number of phosphoric acid groups is 1. The molecule has 0 radical (unpaired) electrons. The fourth-order valence-corrected chi connectivity index (χ4v) is 3.18. The monoisotopic (exact) mass is 426 g/mol. The maximum Gasteiger partial charge on any atom is 0.469 e. The molecule has 0 aromatic heterocycles. The Labute approximate surface area is 168 Å². The van der Waals surface area contributed by atoms with Crippen molar-refractivity contribution in [3.63, 3.8) is 0 Å². The van der Waals surface area contributed by atoms with Gasteiger partial charge < -0.3 is 24.7 Å². The zero-order chi connectivity index (χ0) is 21.1. The van der Waals surface area contributed by atoms with Gasteiger partial charge in [0.2, 0.25) is 0 Å². The zero-order valence-corrected chi connectivity index (χ0v) is 17.9. The number of rotatable bonds is 20. The van der Waals surface area contributed by atoms with Crippen molar-refractivity contribution in [3.8, 4) is 0 Å². The average molecular weight is 426 g/mol. The number of aliphatic hydroxyl groups is 2. The number of hydrogen-bond donors (Lipinski definition) is 4. The molecule has 4 N–H and O–H groups in total. The van der Waals surface area contributed by atoms with Crippen LogP contribution in [0.2, 0.25) is 0 Å². The van der Waals surface area contributed by atoms with E-state index >= 15 is 0 Å². The van der Waals surface area contributed by atoms with Gasteiger partial charge >= 0.3 is 13.8 Å². The van der Waals surface area contributed by atoms with Crippen molar-refractivity contribution >= 4 is 13.8 Å². The van der Waals surface area contributed by atoms with Gasteiger partial charge in [0.15, 0.2) is 0 Å². The minimum Gasteiger partial charge on any atom is -0.463 e. The van der Waals surface area contributed by atoms with Gasteiger partial charge in [-0.15, -0.1) is 0 Å². The average Bonchev–Trinajstić information content (AvgIpc) is 2.64. The predicted molar refractivity (Wildman–Crippen MR) is 107 cm³/mol. The Balaban J connectivity index is 3.31. The largest absolute Gasteiger partial charge is 0.469 e. The summed E-state index contributed by atoms with van der Waals surface area (Å²) in [6, 6.07) is 0. The molecular weight excluding hydrogens is 387 g/mol. The normalized spacial score (nSPS) is 12.9. The molecule has 0 spiro atoms. The highest BCUT2D eigenvalue weighted by molar-refractivity contribution is 7.46. The minimum atomic E-state index is -4.62. The van der Waals surface area contributed by atoms with Crippen molar-refractivity contribution in [2.24, 2.45) is 0 Å². The highest BCUT2D eigenvalue weighted by Gasteiger charge is 2.17. The van der Waals surface area contributed by atoms with Gasteiger partial charge in [0, 0.05) is 13.0 Å². The van der Waals surface area contributed by atoms with Crippen molar-refractivity contribution in [3.05, 3.63) is 0 Å². The Bertz CT molecular complexity index is 413. The molecule has 0 aliphatic rings. The van der Waals surface area contributed by atoms with E-state index in [-0.39, 0.29) is 13.0 Å². The van der Waals surface area contributed by atoms with Crippen LogP contribution in [0.4, 0.5) is 0 Å². The molecule has 1 atom stereocenters. The molecule has 0 saturated heterocycles. The van der Waals surface area contributed by atoms with E-state index in [1.54, 1.807) is 0 Å². The van der Waals surface area contributed by atoms with Gasteiger partial charge in [-0.25, -0.2) is 4.57 Å². The van der Waals surface area contributed by atoms with Crippen LogP contribution in [0.3, 0.4) is 0 Å². The highest BCUT2D eigenvalue weighted by atomic mass is 31.2. The third-order valence-electron chi connectivity index (χ3n) is 4.41. The Hall–Kier alpha value is -0.500. The molecular formula is C19H39O8P. The second-order valence-electron chi connectivity index (χ2n) is 7.19. The summed E-state index contributed by atoms with van der Waals surface area (Å²) in [6.45, 7) is -0.608. The third-order valence-corrected chi connectivity index (χ3v) is 4.90. The lowest BCUT2D eigenvalue weighted by molar-refractivity contribution is -0.147. The van der Waals surface area contributed by atoms with Crippen LogP contribution in [-0.2, 0) is 18.6 Å². The summed E-state index contributed by atoms with van der Waals surface area (Å²) in [5.74, 6) is -0.422. The lowest BCUT2D eigenvalue weighted by Gasteiger charge is -2.12. The molecule has 0 fully saturated rings. The fourth-order valence-electron chi connectivity index (χ4n) is 2.82. The zero-order valence-electron chi connectivity index (χ0n) is 17.0. The first kappa shape index (κ1) is 27.5. The lowest BCUT2D eigenvalue weighted by Crippen LogP contribution is -2.23. The molecule has 0 amide bonds. The molecule has 9 heteroatoms. The van der Waals surface area contributed by atoms with E-state index in [0.29, 0.717) is 6.61 Å². The lowest BCUT2D eigenvalue weighted by atomic mass is 10.0. The van der Waals surface area contributed by atoms with E-state index in [2.05, 4.69) is 4.52 Å². The van der Waals surface area contributed by atoms with E-state index in [4.69, 9.17) is 19.6 Å². The topological polar surface area (TPSA) is 134 Å². The summed E-state index contributed by atoms with van der Waals surface area (Å²) in [6.07, 6.45) is 13.9. The number of carbonyl (C=O) groups excluding carboxylic acids is 1. The second kappa shape index (κ2) is 18.5. The van der Waals surface area contributed by atoms with Crippen LogP contribution in [0.1, 0.15) is 89.9 Å². The molecule has 0 rings (SSSR count). The standard InChI is InChI=1S/C19H39O8P/c20-15-13-11-9-7-5-3-1-2-4-6-8-10-12-14-19(22)26-16-18(21)17-27-28(23,24)25/h18,20-21H,1-17H2,(H2,23,24,25). The molecule has 8 nitrogen and oxygen atoms in total. The third kappa shape index (κ3) is 21.8. The van der Waals surface area contributed by atoms with Crippen molar-refractivity contribution in [2.75, 3.05) is 19.8 Å². The van der Waals surface area contributed by atoms with Gasteiger partial charge in [-0.3, -0.25) is 9.32 Å². The Kier molecular flexibility index (Phi) is 18.2. The van der Waals surface area contributed by atoms with Crippen LogP contribution < -0.4 is 0 Å². The molecule has 28 heavy (non-hydrogen) atoms. The van der Waals surface area contributed by atoms with Gasteiger partial charge in [-0.05, 0) is 12.8 Å². The molecule has 0 heterocycles. The van der Waals surface area contributed by atoms with Crippen LogP contribution in [0, 0.1) is 0 Å². The molecule has 0 aliphatic carbocycles. The van der Waals surface area contributed by atoms with Crippen molar-refractivity contribution < 1.29 is 38.6 Å². The van der Waals surface area contributed by atoms with E-state index in [1.807, 2.05) is 0 Å². The second-order valence-corrected chi connectivity index (χ2v) is 8.43. The molecule has 0 saturated carbocycles. The van der Waals surface area contributed by atoms with Gasteiger partial charge in [-0.2, -0.15) is 0 Å².